The third kappa shape index (κ3) is 4.35. The number of nitro benzene ring substituents is 1. The first-order valence-electron chi connectivity index (χ1n) is 6.83. The maximum atomic E-state index is 11.0. The second kappa shape index (κ2) is 7.66. The van der Waals surface area contributed by atoms with Crippen LogP contribution in [0.4, 0.5) is 11.4 Å². The number of anilines is 1. The summed E-state index contributed by atoms with van der Waals surface area (Å²) in [4.78, 5) is 10.5. The highest BCUT2D eigenvalue weighted by Gasteiger charge is 2.14. The number of hydrogen-bond donors (Lipinski definition) is 1. The molecule has 0 saturated heterocycles. The number of hydrogen-bond acceptors (Lipinski definition) is 6. The Balaban J connectivity index is 1.91. The van der Waals surface area contributed by atoms with Gasteiger partial charge in [-0.2, -0.15) is 5.26 Å². The lowest BCUT2D eigenvalue weighted by atomic mass is 10.2. The predicted octanol–water partition coefficient (Wildman–Crippen LogP) is 2.97. The van der Waals surface area contributed by atoms with Crippen molar-refractivity contribution in [3.05, 3.63) is 58.1 Å². The van der Waals surface area contributed by atoms with Crippen molar-refractivity contribution in [3.63, 3.8) is 0 Å². The Morgan fingerprint density at radius 3 is 2.52 bits per heavy atom. The molecule has 0 amide bonds. The maximum absolute atomic E-state index is 11.0. The number of rotatable bonds is 7. The minimum Gasteiger partial charge on any atom is -0.497 e. The molecule has 118 valence electrons. The number of nitrogens with zero attached hydrogens (tertiary/aromatic N) is 2. The van der Waals surface area contributed by atoms with Crippen LogP contribution in [0.2, 0.25) is 0 Å². The number of benzene rings is 2. The van der Waals surface area contributed by atoms with E-state index < -0.39 is 4.92 Å². The first-order valence-corrected chi connectivity index (χ1v) is 6.83. The summed E-state index contributed by atoms with van der Waals surface area (Å²) in [5.74, 6) is 1.42. The molecule has 23 heavy (non-hydrogen) atoms. The molecule has 2 aromatic carbocycles. The summed E-state index contributed by atoms with van der Waals surface area (Å²) in [5, 5.41) is 22.7. The van der Waals surface area contributed by atoms with Gasteiger partial charge < -0.3 is 14.8 Å². The third-order valence-corrected chi connectivity index (χ3v) is 3.07. The smallest absolute Gasteiger partial charge is 0.293 e. The highest BCUT2D eigenvalue weighted by atomic mass is 16.6. The minimum absolute atomic E-state index is 0.131. The van der Waals surface area contributed by atoms with Crippen LogP contribution in [-0.2, 0) is 0 Å². The fourth-order valence-corrected chi connectivity index (χ4v) is 1.93. The second-order valence-electron chi connectivity index (χ2n) is 4.55. The quantitative estimate of drug-likeness (QED) is 0.479. The van der Waals surface area contributed by atoms with E-state index in [1.807, 2.05) is 6.07 Å². The highest BCUT2D eigenvalue weighted by molar-refractivity contribution is 5.64. The van der Waals surface area contributed by atoms with Gasteiger partial charge >= 0.3 is 0 Å². The standard InChI is InChI=1S/C16H15N3O4/c1-22-13-3-5-14(6-4-13)23-9-8-18-15-7-2-12(11-17)10-16(15)19(20)21/h2-7,10,18H,8-9H2,1H3. The van der Waals surface area contributed by atoms with Gasteiger partial charge in [-0.25, -0.2) is 0 Å². The molecule has 1 N–H and O–H groups in total. The van der Waals surface area contributed by atoms with Crippen LogP contribution in [0.15, 0.2) is 42.5 Å². The van der Waals surface area contributed by atoms with Crippen LogP contribution in [-0.4, -0.2) is 25.2 Å². The molecule has 0 spiro atoms. The van der Waals surface area contributed by atoms with E-state index in [1.54, 1.807) is 31.4 Å². The van der Waals surface area contributed by atoms with Crippen molar-refractivity contribution in [2.24, 2.45) is 0 Å². The molecule has 0 unspecified atom stereocenters. The zero-order chi connectivity index (χ0) is 16.7. The molecular formula is C16H15N3O4. The van der Waals surface area contributed by atoms with Crippen LogP contribution in [0.5, 0.6) is 11.5 Å². The molecule has 0 radical (unpaired) electrons. The normalized spacial score (nSPS) is 9.74. The first kappa shape index (κ1) is 16.1. The molecule has 2 rings (SSSR count). The van der Waals surface area contributed by atoms with Gasteiger partial charge in [0.25, 0.3) is 5.69 Å². The summed E-state index contributed by atoms with van der Waals surface area (Å²) in [6.07, 6.45) is 0. The molecule has 0 aliphatic carbocycles. The fraction of sp³-hybridized carbons (Fsp3) is 0.188. The number of nitriles is 1. The summed E-state index contributed by atoms with van der Waals surface area (Å²) in [6.45, 7) is 0.724. The van der Waals surface area contributed by atoms with E-state index in [9.17, 15) is 10.1 Å². The highest BCUT2D eigenvalue weighted by Crippen LogP contribution is 2.25. The fourth-order valence-electron chi connectivity index (χ4n) is 1.93. The largest absolute Gasteiger partial charge is 0.497 e. The molecule has 0 aliphatic heterocycles. The van der Waals surface area contributed by atoms with Crippen molar-refractivity contribution in [2.45, 2.75) is 0 Å². The molecule has 0 heterocycles. The third-order valence-electron chi connectivity index (χ3n) is 3.07. The minimum atomic E-state index is -0.520. The topological polar surface area (TPSA) is 97.4 Å². The first-order chi connectivity index (χ1) is 11.1. The summed E-state index contributed by atoms with van der Waals surface area (Å²) in [6, 6.07) is 13.3. The average Bonchev–Trinajstić information content (AvgIpc) is 2.59. The van der Waals surface area contributed by atoms with Crippen LogP contribution in [0.1, 0.15) is 5.56 Å². The number of nitro groups is 1. The Morgan fingerprint density at radius 2 is 1.91 bits per heavy atom. The summed E-state index contributed by atoms with van der Waals surface area (Å²) in [5.41, 5.74) is 0.470. The summed E-state index contributed by atoms with van der Waals surface area (Å²) < 4.78 is 10.6. The second-order valence-corrected chi connectivity index (χ2v) is 4.55. The lowest BCUT2D eigenvalue weighted by Gasteiger charge is -2.09. The van der Waals surface area contributed by atoms with Crippen molar-refractivity contribution in [3.8, 4) is 17.6 Å². The lowest BCUT2D eigenvalue weighted by molar-refractivity contribution is -0.384. The molecule has 0 saturated carbocycles. The molecule has 0 aliphatic rings. The van der Waals surface area contributed by atoms with Gasteiger partial charge in [0.1, 0.15) is 23.8 Å². The summed E-state index contributed by atoms with van der Waals surface area (Å²) >= 11 is 0. The van der Waals surface area contributed by atoms with E-state index in [1.165, 1.54) is 18.2 Å². The molecule has 7 heteroatoms. The van der Waals surface area contributed by atoms with Crippen molar-refractivity contribution in [1.29, 1.82) is 5.26 Å². The molecular weight excluding hydrogens is 298 g/mol. The zero-order valence-electron chi connectivity index (χ0n) is 12.5. The van der Waals surface area contributed by atoms with Gasteiger partial charge in [-0.15, -0.1) is 0 Å². The van der Waals surface area contributed by atoms with E-state index in [2.05, 4.69) is 5.32 Å². The monoisotopic (exact) mass is 313 g/mol. The van der Waals surface area contributed by atoms with E-state index in [4.69, 9.17) is 14.7 Å². The van der Waals surface area contributed by atoms with Gasteiger partial charge in [0.2, 0.25) is 0 Å². The van der Waals surface area contributed by atoms with E-state index in [0.717, 1.165) is 5.75 Å². The van der Waals surface area contributed by atoms with Crippen LogP contribution in [0.25, 0.3) is 0 Å². The Kier molecular flexibility index (Phi) is 5.36. The SMILES string of the molecule is COc1ccc(OCCNc2ccc(C#N)cc2[N+](=O)[O-])cc1. The zero-order valence-corrected chi connectivity index (χ0v) is 12.5. The van der Waals surface area contributed by atoms with E-state index in [0.29, 0.717) is 24.6 Å². The summed E-state index contributed by atoms with van der Waals surface area (Å²) in [7, 11) is 1.59. The van der Waals surface area contributed by atoms with Crippen molar-refractivity contribution >= 4 is 11.4 Å². The maximum Gasteiger partial charge on any atom is 0.293 e. The van der Waals surface area contributed by atoms with Crippen LogP contribution < -0.4 is 14.8 Å². The number of methoxy groups -OCH3 is 1. The Morgan fingerprint density at radius 1 is 1.22 bits per heavy atom. The Hall–Kier alpha value is -3.27. The molecule has 0 bridgehead atoms. The molecule has 0 fully saturated rings. The van der Waals surface area contributed by atoms with Crippen LogP contribution in [0.3, 0.4) is 0 Å². The average molecular weight is 313 g/mol. The van der Waals surface area contributed by atoms with Gasteiger partial charge in [-0.05, 0) is 36.4 Å². The van der Waals surface area contributed by atoms with Crippen LogP contribution in [0, 0.1) is 21.4 Å². The Labute approximate surface area is 133 Å². The molecule has 0 atom stereocenters. The lowest BCUT2D eigenvalue weighted by Crippen LogP contribution is -2.12. The van der Waals surface area contributed by atoms with Crippen molar-refractivity contribution < 1.29 is 14.4 Å². The number of ether oxygens (including phenoxy) is 2. The van der Waals surface area contributed by atoms with Gasteiger partial charge in [-0.3, -0.25) is 10.1 Å². The van der Waals surface area contributed by atoms with Crippen molar-refractivity contribution in [2.75, 3.05) is 25.6 Å². The van der Waals surface area contributed by atoms with Gasteiger partial charge in [0.05, 0.1) is 23.7 Å². The molecule has 7 nitrogen and oxygen atoms in total. The van der Waals surface area contributed by atoms with Gasteiger partial charge in [0, 0.05) is 12.6 Å². The van der Waals surface area contributed by atoms with E-state index in [-0.39, 0.29) is 11.3 Å². The van der Waals surface area contributed by atoms with Crippen LogP contribution >= 0.6 is 0 Å². The molecule has 0 aromatic heterocycles. The van der Waals surface area contributed by atoms with E-state index >= 15 is 0 Å². The number of nitrogens with one attached hydrogen (secondary N) is 1. The predicted molar refractivity (Wildman–Crippen MR) is 84.8 cm³/mol. The van der Waals surface area contributed by atoms with Gasteiger partial charge in [0.15, 0.2) is 0 Å². The Bertz CT molecular complexity index is 723. The van der Waals surface area contributed by atoms with Gasteiger partial charge in [-0.1, -0.05) is 0 Å². The van der Waals surface area contributed by atoms with Crippen molar-refractivity contribution in [1.82, 2.24) is 0 Å². The molecule has 2 aromatic rings.